The summed E-state index contributed by atoms with van der Waals surface area (Å²) in [6.07, 6.45) is 0. The highest BCUT2D eigenvalue weighted by Crippen LogP contribution is 2.25. The lowest BCUT2D eigenvalue weighted by molar-refractivity contribution is 0.920. The van der Waals surface area contributed by atoms with E-state index in [0.717, 1.165) is 21.0 Å². The quantitative estimate of drug-likeness (QED) is 0.565. The van der Waals surface area contributed by atoms with Gasteiger partial charge in [0.1, 0.15) is 4.70 Å². The van der Waals surface area contributed by atoms with Crippen LogP contribution in [0.25, 0.3) is 21.0 Å². The van der Waals surface area contributed by atoms with Gasteiger partial charge in [0.05, 0.1) is 5.52 Å². The molecule has 3 heteroatoms. The summed E-state index contributed by atoms with van der Waals surface area (Å²) in [5.74, 6) is 0. The van der Waals surface area contributed by atoms with Gasteiger partial charge in [-0.25, -0.2) is 0 Å². The van der Waals surface area contributed by atoms with Gasteiger partial charge in [-0.2, -0.15) is 0 Å². The molecule has 2 heterocycles. The van der Waals surface area contributed by atoms with E-state index in [1.165, 1.54) is 11.3 Å². The lowest BCUT2D eigenvalue weighted by Crippen LogP contribution is -2.15. The fourth-order valence-electron chi connectivity index (χ4n) is 1.94. The first-order valence-corrected chi connectivity index (χ1v) is 5.62. The van der Waals surface area contributed by atoms with E-state index in [1.54, 1.807) is 4.57 Å². The predicted molar refractivity (Wildman–Crippen MR) is 64.6 cm³/mol. The Balaban J connectivity index is 2.77. The first kappa shape index (κ1) is 8.68. The third-order valence-electron chi connectivity index (χ3n) is 2.72. The van der Waals surface area contributed by atoms with Crippen molar-refractivity contribution in [3.8, 4) is 0 Å². The first-order chi connectivity index (χ1) is 7.29. The Morgan fingerprint density at radius 1 is 1.13 bits per heavy atom. The van der Waals surface area contributed by atoms with Crippen molar-refractivity contribution in [3.63, 3.8) is 0 Å². The molecular weight excluding hydrogens is 206 g/mol. The average Bonchev–Trinajstić information content (AvgIpc) is 2.75. The standard InChI is InChI=1S/C12H9NOS/c1-13-10-5-3-2-4-8(10)9-6-7-15-11(9)12(13)14/h2-7H,1H3. The van der Waals surface area contributed by atoms with Crippen LogP contribution in [0.1, 0.15) is 0 Å². The molecule has 0 aliphatic carbocycles. The number of fused-ring (bicyclic) bond motifs is 3. The molecule has 0 N–H and O–H groups in total. The van der Waals surface area contributed by atoms with Crippen molar-refractivity contribution in [1.29, 1.82) is 0 Å². The van der Waals surface area contributed by atoms with Crippen molar-refractivity contribution in [3.05, 3.63) is 46.1 Å². The molecule has 0 radical (unpaired) electrons. The van der Waals surface area contributed by atoms with Crippen molar-refractivity contribution in [2.75, 3.05) is 0 Å². The van der Waals surface area contributed by atoms with Crippen molar-refractivity contribution in [2.45, 2.75) is 0 Å². The van der Waals surface area contributed by atoms with Gasteiger partial charge in [0.25, 0.3) is 5.56 Å². The molecule has 0 saturated carbocycles. The van der Waals surface area contributed by atoms with Crippen LogP contribution in [0, 0.1) is 0 Å². The van der Waals surface area contributed by atoms with E-state index >= 15 is 0 Å². The maximum atomic E-state index is 12.0. The molecule has 0 fully saturated rings. The largest absolute Gasteiger partial charge is 0.310 e. The molecule has 0 spiro atoms. The minimum Gasteiger partial charge on any atom is -0.310 e. The monoisotopic (exact) mass is 215 g/mol. The molecule has 0 amide bonds. The summed E-state index contributed by atoms with van der Waals surface area (Å²) in [6.45, 7) is 0. The second kappa shape index (κ2) is 2.94. The van der Waals surface area contributed by atoms with Crippen LogP contribution in [0.2, 0.25) is 0 Å². The maximum Gasteiger partial charge on any atom is 0.268 e. The number of rotatable bonds is 0. The zero-order valence-corrected chi connectivity index (χ0v) is 9.04. The Labute approximate surface area is 90.4 Å². The lowest BCUT2D eigenvalue weighted by Gasteiger charge is -2.05. The molecule has 2 aromatic heterocycles. The van der Waals surface area contributed by atoms with Crippen LogP contribution in [0.4, 0.5) is 0 Å². The van der Waals surface area contributed by atoms with Crippen LogP contribution < -0.4 is 5.56 Å². The molecule has 0 aliphatic rings. The van der Waals surface area contributed by atoms with Crippen LogP contribution in [0.5, 0.6) is 0 Å². The second-order valence-corrected chi connectivity index (χ2v) is 4.46. The molecule has 0 saturated heterocycles. The number of benzene rings is 1. The summed E-state index contributed by atoms with van der Waals surface area (Å²) in [7, 11) is 1.82. The Kier molecular flexibility index (Phi) is 1.70. The summed E-state index contributed by atoms with van der Waals surface area (Å²) in [5.41, 5.74) is 1.09. The SMILES string of the molecule is Cn1c(=O)c2sccc2c2ccccc21. The summed E-state index contributed by atoms with van der Waals surface area (Å²) >= 11 is 1.51. The van der Waals surface area contributed by atoms with Crippen LogP contribution >= 0.6 is 11.3 Å². The molecule has 74 valence electrons. The van der Waals surface area contributed by atoms with Crippen molar-refractivity contribution < 1.29 is 0 Å². The number of hydrogen-bond donors (Lipinski definition) is 0. The number of thiophene rings is 1. The average molecular weight is 215 g/mol. The Morgan fingerprint density at radius 2 is 1.93 bits per heavy atom. The molecule has 15 heavy (non-hydrogen) atoms. The van der Waals surface area contributed by atoms with E-state index in [9.17, 15) is 4.79 Å². The van der Waals surface area contributed by atoms with Gasteiger partial charge in [-0.1, -0.05) is 18.2 Å². The topological polar surface area (TPSA) is 22.0 Å². The molecule has 0 unspecified atom stereocenters. The highest BCUT2D eigenvalue weighted by atomic mass is 32.1. The highest BCUT2D eigenvalue weighted by Gasteiger charge is 2.07. The molecule has 1 aromatic carbocycles. The van der Waals surface area contributed by atoms with Crippen LogP contribution in [0.3, 0.4) is 0 Å². The third-order valence-corrected chi connectivity index (χ3v) is 3.62. The van der Waals surface area contributed by atoms with Crippen LogP contribution in [-0.4, -0.2) is 4.57 Å². The van der Waals surface area contributed by atoms with E-state index in [2.05, 4.69) is 6.07 Å². The number of hydrogen-bond acceptors (Lipinski definition) is 2. The molecule has 3 aromatic rings. The zero-order chi connectivity index (χ0) is 10.4. The smallest absolute Gasteiger partial charge is 0.268 e. The van der Waals surface area contributed by atoms with Gasteiger partial charge < -0.3 is 4.57 Å². The van der Waals surface area contributed by atoms with Crippen LogP contribution in [0.15, 0.2) is 40.5 Å². The minimum atomic E-state index is 0.0960. The summed E-state index contributed by atoms with van der Waals surface area (Å²) < 4.78 is 2.56. The molecule has 2 nitrogen and oxygen atoms in total. The lowest BCUT2D eigenvalue weighted by atomic mass is 10.1. The third kappa shape index (κ3) is 1.07. The predicted octanol–water partition coefficient (Wildman–Crippen LogP) is 2.75. The van der Waals surface area contributed by atoms with E-state index in [0.29, 0.717) is 0 Å². The Morgan fingerprint density at radius 3 is 2.80 bits per heavy atom. The number of nitrogens with zero attached hydrogens (tertiary/aromatic N) is 1. The van der Waals surface area contributed by atoms with E-state index in [-0.39, 0.29) is 5.56 Å². The van der Waals surface area contributed by atoms with Gasteiger partial charge in [0.2, 0.25) is 0 Å². The number of para-hydroxylation sites is 1. The van der Waals surface area contributed by atoms with Gasteiger partial charge in [-0.15, -0.1) is 11.3 Å². The van der Waals surface area contributed by atoms with Gasteiger partial charge in [0, 0.05) is 17.8 Å². The van der Waals surface area contributed by atoms with Crippen molar-refractivity contribution >= 4 is 32.3 Å². The zero-order valence-electron chi connectivity index (χ0n) is 8.23. The minimum absolute atomic E-state index is 0.0960. The first-order valence-electron chi connectivity index (χ1n) is 4.74. The molecule has 0 bridgehead atoms. The molecule has 0 aliphatic heterocycles. The molecule has 0 atom stereocenters. The normalized spacial score (nSPS) is 11.3. The van der Waals surface area contributed by atoms with E-state index in [4.69, 9.17) is 0 Å². The second-order valence-electron chi connectivity index (χ2n) is 3.54. The fourth-order valence-corrected chi connectivity index (χ4v) is 2.83. The van der Waals surface area contributed by atoms with Gasteiger partial charge in [-0.3, -0.25) is 4.79 Å². The van der Waals surface area contributed by atoms with E-state index < -0.39 is 0 Å². The number of pyridine rings is 1. The van der Waals surface area contributed by atoms with Crippen molar-refractivity contribution in [1.82, 2.24) is 4.57 Å². The van der Waals surface area contributed by atoms with Gasteiger partial charge in [0.15, 0.2) is 0 Å². The van der Waals surface area contributed by atoms with Crippen LogP contribution in [-0.2, 0) is 7.05 Å². The highest BCUT2D eigenvalue weighted by molar-refractivity contribution is 7.17. The Hall–Kier alpha value is -1.61. The van der Waals surface area contributed by atoms with Crippen molar-refractivity contribution in [2.24, 2.45) is 7.05 Å². The Bertz CT molecular complexity index is 708. The van der Waals surface area contributed by atoms with E-state index in [1.807, 2.05) is 36.7 Å². The summed E-state index contributed by atoms with van der Waals surface area (Å²) in [4.78, 5) is 12.0. The fraction of sp³-hybridized carbons (Fsp3) is 0.0833. The number of aryl methyl sites for hydroxylation is 1. The van der Waals surface area contributed by atoms with Gasteiger partial charge >= 0.3 is 0 Å². The maximum absolute atomic E-state index is 12.0. The summed E-state index contributed by atoms with van der Waals surface area (Å²) in [5, 5.41) is 4.19. The summed E-state index contributed by atoms with van der Waals surface area (Å²) in [6, 6.07) is 10.0. The van der Waals surface area contributed by atoms with Gasteiger partial charge in [-0.05, 0) is 17.5 Å². The molecular formula is C12H9NOS. The number of aromatic nitrogens is 1. The molecule has 3 rings (SSSR count).